The number of benzene rings is 1. The SMILES string of the molecule is CC=C1N=CC(C[C@H](N)C(=O)c2cc(C(C)(C)C)cc(C(C)(C)C)c2OP(O)F)=N1. The Balaban J connectivity index is 2.57. The van der Waals surface area contributed by atoms with Crippen LogP contribution < -0.4 is 10.3 Å². The fourth-order valence-electron chi connectivity index (χ4n) is 3.08. The molecule has 0 amide bonds. The van der Waals surface area contributed by atoms with Crippen molar-refractivity contribution in [2.45, 2.75) is 71.8 Å². The van der Waals surface area contributed by atoms with Gasteiger partial charge in [-0.25, -0.2) is 9.98 Å². The third-order valence-electron chi connectivity index (χ3n) is 4.82. The number of nitrogens with zero attached hydrogens (tertiary/aromatic N) is 2. The van der Waals surface area contributed by atoms with E-state index in [1.807, 2.05) is 54.5 Å². The number of halogens is 1. The number of aliphatic imine (C=N–C) groups is 2. The molecule has 1 aromatic carbocycles. The van der Waals surface area contributed by atoms with Gasteiger partial charge in [0.25, 0.3) is 0 Å². The van der Waals surface area contributed by atoms with Crippen molar-refractivity contribution in [1.82, 2.24) is 0 Å². The van der Waals surface area contributed by atoms with Crippen LogP contribution in [-0.2, 0) is 10.8 Å². The maximum absolute atomic E-state index is 13.6. The van der Waals surface area contributed by atoms with E-state index in [0.717, 1.165) is 5.56 Å². The van der Waals surface area contributed by atoms with Gasteiger partial charge in [0, 0.05) is 12.0 Å². The summed E-state index contributed by atoms with van der Waals surface area (Å²) in [6, 6.07) is 2.68. The summed E-state index contributed by atoms with van der Waals surface area (Å²) in [5.74, 6) is 0.216. The van der Waals surface area contributed by atoms with Crippen LogP contribution in [0.1, 0.15) is 76.4 Å². The molecular weight excluding hydrogens is 404 g/mol. The van der Waals surface area contributed by atoms with Crippen LogP contribution in [0.15, 0.2) is 34.0 Å². The van der Waals surface area contributed by atoms with E-state index in [1.54, 1.807) is 18.4 Å². The standard InChI is InChI=1S/C22H31FN3O3P/c1-8-18-25-12-14(26-18)11-17(24)19(27)15-9-13(21(2,3)4)10-16(22(5,6)7)20(15)29-30(23)28/h8-10,12,17,28H,11,24H2,1-7H3/t17-,30?/m0/s1. The highest BCUT2D eigenvalue weighted by atomic mass is 31.2. The first kappa shape index (κ1) is 24.3. The Hall–Kier alpha value is -1.95. The van der Waals surface area contributed by atoms with Crippen LogP contribution in [0.2, 0.25) is 0 Å². The van der Waals surface area contributed by atoms with E-state index in [0.29, 0.717) is 17.1 Å². The van der Waals surface area contributed by atoms with Crippen molar-refractivity contribution < 1.29 is 18.4 Å². The van der Waals surface area contributed by atoms with E-state index in [2.05, 4.69) is 9.98 Å². The molecule has 0 aromatic heterocycles. The first-order valence-electron chi connectivity index (χ1n) is 9.83. The number of hydrogen-bond donors (Lipinski definition) is 2. The number of carbonyl (C=O) groups is 1. The second kappa shape index (κ2) is 9.04. The fourth-order valence-corrected chi connectivity index (χ4v) is 3.42. The Morgan fingerprint density at radius 1 is 1.27 bits per heavy atom. The largest absolute Gasteiger partial charge is 0.436 e. The smallest absolute Gasteiger partial charge is 0.423 e. The Labute approximate surface area is 179 Å². The monoisotopic (exact) mass is 435 g/mol. The van der Waals surface area contributed by atoms with Gasteiger partial charge in [0.05, 0.1) is 23.5 Å². The number of carbonyl (C=O) groups excluding carboxylic acids is 1. The molecular formula is C22H31FN3O3P. The van der Waals surface area contributed by atoms with Crippen molar-refractivity contribution >= 4 is 26.4 Å². The number of rotatable bonds is 6. The van der Waals surface area contributed by atoms with E-state index in [9.17, 15) is 13.9 Å². The topological polar surface area (TPSA) is 97.3 Å². The molecule has 1 aliphatic rings. The van der Waals surface area contributed by atoms with Gasteiger partial charge in [0.15, 0.2) is 5.78 Å². The maximum atomic E-state index is 13.6. The zero-order chi connectivity index (χ0) is 22.9. The summed E-state index contributed by atoms with van der Waals surface area (Å²) in [6.07, 6.45) is 3.53. The van der Waals surface area contributed by atoms with Crippen molar-refractivity contribution in [1.29, 1.82) is 0 Å². The number of hydrogen-bond acceptors (Lipinski definition) is 6. The molecule has 6 nitrogen and oxygen atoms in total. The summed E-state index contributed by atoms with van der Waals surface area (Å²) in [5.41, 5.74) is 7.80. The summed E-state index contributed by atoms with van der Waals surface area (Å²) < 4.78 is 18.7. The Bertz CT molecular complexity index is 909. The van der Waals surface area contributed by atoms with E-state index in [4.69, 9.17) is 10.3 Å². The average Bonchev–Trinajstić information content (AvgIpc) is 3.06. The number of nitrogens with two attached hydrogens (primary N) is 1. The first-order valence-corrected chi connectivity index (χ1v) is 10.9. The maximum Gasteiger partial charge on any atom is 0.436 e. The lowest BCUT2D eigenvalue weighted by atomic mass is 9.78. The summed E-state index contributed by atoms with van der Waals surface area (Å²) in [4.78, 5) is 31.1. The molecule has 1 unspecified atom stereocenters. The molecule has 30 heavy (non-hydrogen) atoms. The van der Waals surface area contributed by atoms with Crippen LogP contribution in [0.25, 0.3) is 0 Å². The lowest BCUT2D eigenvalue weighted by Crippen LogP contribution is -2.34. The molecule has 0 spiro atoms. The molecule has 2 atom stereocenters. The first-order chi connectivity index (χ1) is 13.7. The van der Waals surface area contributed by atoms with Gasteiger partial charge in [0.1, 0.15) is 11.6 Å². The van der Waals surface area contributed by atoms with Gasteiger partial charge in [-0.05, 0) is 35.5 Å². The molecule has 0 saturated heterocycles. The normalized spacial score (nSPS) is 17.8. The predicted molar refractivity (Wildman–Crippen MR) is 121 cm³/mol. The van der Waals surface area contributed by atoms with Crippen molar-refractivity contribution in [3.8, 4) is 5.75 Å². The number of ketones is 1. The molecule has 1 aromatic rings. The zero-order valence-electron chi connectivity index (χ0n) is 18.7. The Morgan fingerprint density at radius 2 is 1.90 bits per heavy atom. The lowest BCUT2D eigenvalue weighted by Gasteiger charge is -2.29. The van der Waals surface area contributed by atoms with Crippen molar-refractivity contribution in [2.75, 3.05) is 0 Å². The van der Waals surface area contributed by atoms with Gasteiger partial charge in [-0.1, -0.05) is 47.6 Å². The van der Waals surface area contributed by atoms with Gasteiger partial charge in [-0.2, -0.15) is 0 Å². The molecule has 164 valence electrons. The quantitative estimate of drug-likeness (QED) is 0.478. The van der Waals surface area contributed by atoms with Crippen molar-refractivity contribution in [3.63, 3.8) is 0 Å². The molecule has 1 aliphatic heterocycles. The Morgan fingerprint density at radius 3 is 2.37 bits per heavy atom. The molecule has 1 heterocycles. The molecule has 8 heteroatoms. The minimum atomic E-state index is -3.20. The van der Waals surface area contributed by atoms with E-state index >= 15 is 0 Å². The Kier molecular flexibility index (Phi) is 7.33. The van der Waals surface area contributed by atoms with Crippen LogP contribution >= 0.6 is 8.69 Å². The highest BCUT2D eigenvalue weighted by Crippen LogP contribution is 2.45. The second-order valence-electron chi connectivity index (χ2n) is 9.40. The van der Waals surface area contributed by atoms with Crippen LogP contribution in [0.3, 0.4) is 0 Å². The van der Waals surface area contributed by atoms with Crippen LogP contribution in [0.4, 0.5) is 4.20 Å². The fraction of sp³-hybridized carbons (Fsp3) is 0.500. The molecule has 3 N–H and O–H groups in total. The minimum Gasteiger partial charge on any atom is -0.423 e. The second-order valence-corrected chi connectivity index (χ2v) is 10.0. The number of Topliss-reactive ketones (excluding diaryl/α,β-unsaturated/α-hetero) is 1. The van der Waals surface area contributed by atoms with Crippen molar-refractivity contribution in [2.24, 2.45) is 15.7 Å². The highest BCUT2D eigenvalue weighted by Gasteiger charge is 2.32. The summed E-state index contributed by atoms with van der Waals surface area (Å²) in [7, 11) is -3.20. The zero-order valence-corrected chi connectivity index (χ0v) is 19.5. The minimum absolute atomic E-state index is 0.0447. The molecule has 0 bridgehead atoms. The van der Waals surface area contributed by atoms with E-state index in [1.165, 1.54) is 0 Å². The van der Waals surface area contributed by atoms with Gasteiger partial charge in [-0.3, -0.25) is 4.79 Å². The molecule has 0 aliphatic carbocycles. The van der Waals surface area contributed by atoms with Gasteiger partial charge >= 0.3 is 8.69 Å². The third kappa shape index (κ3) is 5.81. The van der Waals surface area contributed by atoms with E-state index < -0.39 is 25.9 Å². The molecule has 2 rings (SSSR count). The van der Waals surface area contributed by atoms with Crippen molar-refractivity contribution in [3.05, 3.63) is 40.7 Å². The lowest BCUT2D eigenvalue weighted by molar-refractivity contribution is 0.0961. The summed E-state index contributed by atoms with van der Waals surface area (Å²) in [6.45, 7) is 13.7. The van der Waals surface area contributed by atoms with E-state index in [-0.39, 0.29) is 23.1 Å². The van der Waals surface area contributed by atoms with Gasteiger partial charge in [0.2, 0.25) is 0 Å². The van der Waals surface area contributed by atoms with Gasteiger partial charge < -0.3 is 15.2 Å². The molecule has 0 radical (unpaired) electrons. The highest BCUT2D eigenvalue weighted by molar-refractivity contribution is 7.40. The molecule has 0 saturated carbocycles. The summed E-state index contributed by atoms with van der Waals surface area (Å²) in [5, 5.41) is 0. The average molecular weight is 435 g/mol. The predicted octanol–water partition coefficient (Wildman–Crippen LogP) is 5.14. The third-order valence-corrected chi connectivity index (χ3v) is 5.16. The number of allylic oxidation sites excluding steroid dienone is 1. The van der Waals surface area contributed by atoms with Gasteiger partial charge in [-0.15, -0.1) is 4.20 Å². The summed E-state index contributed by atoms with van der Waals surface area (Å²) >= 11 is 0. The van der Waals surface area contributed by atoms with Crippen LogP contribution in [0.5, 0.6) is 5.75 Å². The van der Waals surface area contributed by atoms with Crippen LogP contribution in [-0.4, -0.2) is 28.6 Å². The van der Waals surface area contributed by atoms with Crippen LogP contribution in [0, 0.1) is 0 Å². The molecule has 0 fully saturated rings.